The highest BCUT2D eigenvalue weighted by Gasteiger charge is 2.17. The molecule has 0 bridgehead atoms. The first kappa shape index (κ1) is 23.1. The van der Waals surface area contributed by atoms with Crippen molar-refractivity contribution in [3.05, 3.63) is 95.3 Å². The van der Waals surface area contributed by atoms with E-state index in [0.29, 0.717) is 24.3 Å². The van der Waals surface area contributed by atoms with E-state index in [1.165, 1.54) is 0 Å². The van der Waals surface area contributed by atoms with E-state index in [1.807, 2.05) is 24.3 Å². The maximum absolute atomic E-state index is 12.8. The first-order valence-electron chi connectivity index (χ1n) is 10.4. The van der Waals surface area contributed by atoms with Gasteiger partial charge in [-0.05, 0) is 85.2 Å². The Kier molecular flexibility index (Phi) is 8.05. The van der Waals surface area contributed by atoms with E-state index >= 15 is 0 Å². The Bertz CT molecular complexity index is 1070. The number of rotatable bonds is 7. The van der Waals surface area contributed by atoms with Gasteiger partial charge in [0.05, 0.1) is 18.7 Å². The van der Waals surface area contributed by atoms with Crippen LogP contribution >= 0.6 is 12.2 Å². The van der Waals surface area contributed by atoms with Gasteiger partial charge in [0.1, 0.15) is 0 Å². The van der Waals surface area contributed by atoms with Crippen molar-refractivity contribution in [3.8, 4) is 0 Å². The zero-order valence-corrected chi connectivity index (χ0v) is 18.9. The Labute approximate surface area is 193 Å². The molecule has 3 rings (SSSR count). The molecule has 0 saturated carbocycles. The second-order valence-corrected chi connectivity index (χ2v) is 7.41. The van der Waals surface area contributed by atoms with Crippen LogP contribution in [0.2, 0.25) is 0 Å². The standard InChI is InChI=1S/C25H25N3O3S/c1-3-18-5-7-20(8-6-18)23(29)27-25(32)28(17-19-13-15-26-16-14-19)22-11-9-21(10-12-22)24(30)31-4-2/h5-16H,3-4,17H2,1-2H3,(H,27,29,32). The lowest BCUT2D eigenvalue weighted by atomic mass is 10.1. The Morgan fingerprint density at radius 3 is 2.12 bits per heavy atom. The number of pyridine rings is 1. The van der Waals surface area contributed by atoms with Gasteiger partial charge >= 0.3 is 5.97 Å². The summed E-state index contributed by atoms with van der Waals surface area (Å²) in [5.41, 5.74) is 3.85. The number of benzene rings is 2. The first-order valence-corrected chi connectivity index (χ1v) is 10.8. The Morgan fingerprint density at radius 2 is 1.53 bits per heavy atom. The summed E-state index contributed by atoms with van der Waals surface area (Å²) in [7, 11) is 0. The summed E-state index contributed by atoms with van der Waals surface area (Å²) in [6.45, 7) is 4.56. The lowest BCUT2D eigenvalue weighted by molar-refractivity contribution is 0.0526. The lowest BCUT2D eigenvalue weighted by Crippen LogP contribution is -2.42. The average Bonchev–Trinajstić information content (AvgIpc) is 2.83. The number of carbonyl (C=O) groups excluding carboxylic acids is 2. The molecule has 164 valence electrons. The summed E-state index contributed by atoms with van der Waals surface area (Å²) >= 11 is 5.59. The van der Waals surface area contributed by atoms with Crippen molar-refractivity contribution in [2.24, 2.45) is 0 Å². The number of aromatic nitrogens is 1. The van der Waals surface area contributed by atoms with Crippen LogP contribution in [0.3, 0.4) is 0 Å². The second kappa shape index (κ2) is 11.2. The first-order chi connectivity index (χ1) is 15.5. The molecule has 2 aromatic carbocycles. The van der Waals surface area contributed by atoms with E-state index in [1.54, 1.807) is 60.6 Å². The van der Waals surface area contributed by atoms with Crippen molar-refractivity contribution in [2.75, 3.05) is 11.5 Å². The van der Waals surface area contributed by atoms with Crippen LogP contribution in [-0.2, 0) is 17.7 Å². The van der Waals surface area contributed by atoms with E-state index in [-0.39, 0.29) is 17.0 Å². The molecule has 6 nitrogen and oxygen atoms in total. The lowest BCUT2D eigenvalue weighted by Gasteiger charge is -2.26. The topological polar surface area (TPSA) is 71.5 Å². The minimum absolute atomic E-state index is 0.260. The van der Waals surface area contributed by atoms with Crippen LogP contribution in [0.15, 0.2) is 73.1 Å². The molecule has 0 aliphatic rings. The molecule has 0 aliphatic carbocycles. The van der Waals surface area contributed by atoms with Gasteiger partial charge in [0.15, 0.2) is 5.11 Å². The smallest absolute Gasteiger partial charge is 0.338 e. The van der Waals surface area contributed by atoms with Crippen molar-refractivity contribution in [1.82, 2.24) is 10.3 Å². The van der Waals surface area contributed by atoms with Gasteiger partial charge in [0.2, 0.25) is 0 Å². The molecule has 1 aromatic heterocycles. The molecular weight excluding hydrogens is 422 g/mol. The zero-order chi connectivity index (χ0) is 22.9. The third-order valence-electron chi connectivity index (χ3n) is 4.87. The maximum atomic E-state index is 12.8. The zero-order valence-electron chi connectivity index (χ0n) is 18.1. The number of hydrogen-bond acceptors (Lipinski definition) is 5. The summed E-state index contributed by atoms with van der Waals surface area (Å²) in [4.78, 5) is 30.6. The third kappa shape index (κ3) is 5.98. The van der Waals surface area contributed by atoms with Gasteiger partial charge in [-0.15, -0.1) is 0 Å². The summed E-state index contributed by atoms with van der Waals surface area (Å²) in [6.07, 6.45) is 4.31. The molecule has 0 radical (unpaired) electrons. The molecule has 32 heavy (non-hydrogen) atoms. The highest BCUT2D eigenvalue weighted by Crippen LogP contribution is 2.19. The van der Waals surface area contributed by atoms with E-state index < -0.39 is 0 Å². The minimum atomic E-state index is -0.383. The molecule has 0 saturated heterocycles. The molecular formula is C25H25N3O3S. The number of aryl methyl sites for hydroxylation is 1. The van der Waals surface area contributed by atoms with Crippen LogP contribution < -0.4 is 10.2 Å². The van der Waals surface area contributed by atoms with Crippen molar-refractivity contribution in [2.45, 2.75) is 26.8 Å². The minimum Gasteiger partial charge on any atom is -0.462 e. The highest BCUT2D eigenvalue weighted by molar-refractivity contribution is 7.80. The molecule has 0 fully saturated rings. The monoisotopic (exact) mass is 447 g/mol. The van der Waals surface area contributed by atoms with Crippen molar-refractivity contribution >= 4 is 34.9 Å². The molecule has 0 aliphatic heterocycles. The Hall–Kier alpha value is -3.58. The molecule has 0 unspecified atom stereocenters. The summed E-state index contributed by atoms with van der Waals surface area (Å²) in [5, 5.41) is 3.08. The largest absolute Gasteiger partial charge is 0.462 e. The SMILES string of the molecule is CCOC(=O)c1ccc(N(Cc2ccncc2)C(=S)NC(=O)c2ccc(CC)cc2)cc1. The second-order valence-electron chi connectivity index (χ2n) is 7.02. The van der Waals surface area contributed by atoms with Crippen LogP contribution in [0.5, 0.6) is 0 Å². The van der Waals surface area contributed by atoms with Gasteiger partial charge in [0, 0.05) is 23.6 Å². The van der Waals surface area contributed by atoms with Gasteiger partial charge in [0.25, 0.3) is 5.91 Å². The number of anilines is 1. The fourth-order valence-electron chi connectivity index (χ4n) is 3.07. The predicted molar refractivity (Wildman–Crippen MR) is 129 cm³/mol. The van der Waals surface area contributed by atoms with Crippen LogP contribution in [-0.4, -0.2) is 28.6 Å². The third-order valence-corrected chi connectivity index (χ3v) is 5.19. The van der Waals surface area contributed by atoms with Gasteiger partial charge in [-0.3, -0.25) is 15.1 Å². The molecule has 0 spiro atoms. The van der Waals surface area contributed by atoms with Crippen LogP contribution in [0.25, 0.3) is 0 Å². The van der Waals surface area contributed by atoms with Gasteiger partial charge in [-0.25, -0.2) is 4.79 Å². The molecule has 1 amide bonds. The number of amides is 1. The molecule has 1 heterocycles. The van der Waals surface area contributed by atoms with Crippen LogP contribution in [0.4, 0.5) is 5.69 Å². The number of hydrogen-bond donors (Lipinski definition) is 1. The number of esters is 1. The quantitative estimate of drug-likeness (QED) is 0.423. The predicted octanol–water partition coefficient (Wildman–Crippen LogP) is 4.54. The van der Waals surface area contributed by atoms with Gasteiger partial charge in [-0.1, -0.05) is 19.1 Å². The van der Waals surface area contributed by atoms with E-state index in [9.17, 15) is 9.59 Å². The van der Waals surface area contributed by atoms with Crippen LogP contribution in [0.1, 0.15) is 45.7 Å². The average molecular weight is 448 g/mol. The van der Waals surface area contributed by atoms with Crippen molar-refractivity contribution in [1.29, 1.82) is 0 Å². The normalized spacial score (nSPS) is 10.3. The number of ether oxygens (including phenoxy) is 1. The molecule has 0 atom stereocenters. The number of nitrogens with zero attached hydrogens (tertiary/aromatic N) is 2. The highest BCUT2D eigenvalue weighted by atomic mass is 32.1. The molecule has 7 heteroatoms. The summed E-state index contributed by atoms with van der Waals surface area (Å²) in [5.74, 6) is -0.660. The van der Waals surface area contributed by atoms with Crippen molar-refractivity contribution < 1.29 is 14.3 Å². The Morgan fingerprint density at radius 1 is 0.906 bits per heavy atom. The summed E-state index contributed by atoms with van der Waals surface area (Å²) in [6, 6.07) is 18.1. The van der Waals surface area contributed by atoms with Gasteiger partial charge in [-0.2, -0.15) is 0 Å². The van der Waals surface area contributed by atoms with E-state index in [2.05, 4.69) is 17.2 Å². The van der Waals surface area contributed by atoms with E-state index in [0.717, 1.165) is 23.2 Å². The number of nitrogens with one attached hydrogen (secondary N) is 1. The molecule has 1 N–H and O–H groups in total. The summed E-state index contributed by atoms with van der Waals surface area (Å²) < 4.78 is 5.05. The maximum Gasteiger partial charge on any atom is 0.338 e. The fraction of sp³-hybridized carbons (Fsp3) is 0.200. The number of thiocarbonyl (C=S) groups is 1. The van der Waals surface area contributed by atoms with E-state index in [4.69, 9.17) is 17.0 Å². The molecule has 3 aromatic rings. The van der Waals surface area contributed by atoms with Gasteiger partial charge < -0.3 is 9.64 Å². The Balaban J connectivity index is 1.82. The van der Waals surface area contributed by atoms with Crippen molar-refractivity contribution in [3.63, 3.8) is 0 Å². The fourth-order valence-corrected chi connectivity index (χ4v) is 3.33. The van der Waals surface area contributed by atoms with Crippen LogP contribution in [0, 0.1) is 0 Å². The number of carbonyl (C=O) groups is 2.